The number of nitrogens with zero attached hydrogens (tertiary/aromatic N) is 2. The number of hydrazone groups is 1. The molecule has 1 saturated heterocycles. The van der Waals surface area contributed by atoms with E-state index in [4.69, 9.17) is 21.1 Å². The average molecular weight is 402 g/mol. The second-order valence-corrected chi connectivity index (χ2v) is 6.49. The Kier molecular flexibility index (Phi) is 7.00. The Morgan fingerprint density at radius 1 is 1.11 bits per heavy atom. The molecular weight excluding hydrogens is 382 g/mol. The number of hydrogen-bond donors (Lipinski definition) is 1. The standard InChI is InChI=1S/C20H20ClN3O4/c21-17-5-3-16(4-6-17)20(26)23-22-13-15-1-7-18(8-2-15)28-14-19(25)24-9-11-27-12-10-24/h1-8,13H,9-12,14H2,(H,23,26)/b22-13-. The predicted octanol–water partition coefficient (Wildman–Crippen LogP) is 2.34. The first-order valence-electron chi connectivity index (χ1n) is 8.79. The van der Waals surface area contributed by atoms with E-state index >= 15 is 0 Å². The third-order valence-electron chi connectivity index (χ3n) is 4.09. The van der Waals surface area contributed by atoms with Crippen LogP contribution in [0.1, 0.15) is 15.9 Å². The Morgan fingerprint density at radius 2 is 1.79 bits per heavy atom. The molecule has 0 aliphatic carbocycles. The molecule has 0 spiro atoms. The van der Waals surface area contributed by atoms with Gasteiger partial charge >= 0.3 is 0 Å². The number of ether oxygens (including phenoxy) is 2. The second kappa shape index (κ2) is 9.87. The number of benzene rings is 2. The molecule has 0 bridgehead atoms. The molecule has 28 heavy (non-hydrogen) atoms. The maximum atomic E-state index is 12.1. The number of carbonyl (C=O) groups excluding carboxylic acids is 2. The van der Waals surface area contributed by atoms with Crippen molar-refractivity contribution in [3.8, 4) is 5.75 Å². The molecule has 2 amide bonds. The van der Waals surface area contributed by atoms with Crippen molar-refractivity contribution in [3.63, 3.8) is 0 Å². The highest BCUT2D eigenvalue weighted by molar-refractivity contribution is 6.30. The largest absolute Gasteiger partial charge is 0.484 e. The van der Waals surface area contributed by atoms with Crippen LogP contribution in [0, 0.1) is 0 Å². The smallest absolute Gasteiger partial charge is 0.271 e. The molecule has 7 nitrogen and oxygen atoms in total. The van der Waals surface area contributed by atoms with E-state index in [1.807, 2.05) is 0 Å². The summed E-state index contributed by atoms with van der Waals surface area (Å²) < 4.78 is 10.8. The summed E-state index contributed by atoms with van der Waals surface area (Å²) in [7, 11) is 0. The highest BCUT2D eigenvalue weighted by Crippen LogP contribution is 2.12. The maximum Gasteiger partial charge on any atom is 0.271 e. The summed E-state index contributed by atoms with van der Waals surface area (Å²) in [5, 5.41) is 4.50. The molecule has 0 aromatic heterocycles. The Hall–Kier alpha value is -2.90. The van der Waals surface area contributed by atoms with Gasteiger partial charge in [-0.05, 0) is 54.1 Å². The monoisotopic (exact) mass is 401 g/mol. The van der Waals surface area contributed by atoms with Crippen molar-refractivity contribution < 1.29 is 19.1 Å². The van der Waals surface area contributed by atoms with E-state index < -0.39 is 0 Å². The molecule has 1 aliphatic heterocycles. The summed E-state index contributed by atoms with van der Waals surface area (Å²) in [4.78, 5) is 25.7. The first-order valence-corrected chi connectivity index (χ1v) is 9.17. The fourth-order valence-corrected chi connectivity index (χ4v) is 2.66. The lowest BCUT2D eigenvalue weighted by Gasteiger charge is -2.26. The summed E-state index contributed by atoms with van der Waals surface area (Å²) in [6.07, 6.45) is 1.52. The molecule has 1 N–H and O–H groups in total. The number of halogens is 1. The molecule has 8 heteroatoms. The van der Waals surface area contributed by atoms with Crippen molar-refractivity contribution in [3.05, 3.63) is 64.7 Å². The molecule has 1 heterocycles. The van der Waals surface area contributed by atoms with Gasteiger partial charge in [-0.15, -0.1) is 0 Å². The topological polar surface area (TPSA) is 80.2 Å². The van der Waals surface area contributed by atoms with Crippen LogP contribution in [0.2, 0.25) is 5.02 Å². The number of carbonyl (C=O) groups is 2. The van der Waals surface area contributed by atoms with Crippen LogP contribution >= 0.6 is 11.6 Å². The van der Waals surface area contributed by atoms with Gasteiger partial charge in [0.25, 0.3) is 11.8 Å². The Morgan fingerprint density at radius 3 is 2.46 bits per heavy atom. The molecule has 1 aliphatic rings. The molecule has 146 valence electrons. The van der Waals surface area contributed by atoms with E-state index in [1.165, 1.54) is 6.21 Å². The van der Waals surface area contributed by atoms with Crippen LogP contribution in [-0.4, -0.2) is 55.8 Å². The van der Waals surface area contributed by atoms with Gasteiger partial charge in [0.15, 0.2) is 6.61 Å². The van der Waals surface area contributed by atoms with Crippen LogP contribution in [0.25, 0.3) is 0 Å². The molecule has 0 saturated carbocycles. The van der Waals surface area contributed by atoms with Gasteiger partial charge in [0, 0.05) is 23.7 Å². The number of amides is 2. The Bertz CT molecular complexity index is 832. The van der Waals surface area contributed by atoms with Crippen LogP contribution in [0.5, 0.6) is 5.75 Å². The van der Waals surface area contributed by atoms with Crippen molar-refractivity contribution in [1.29, 1.82) is 0 Å². The average Bonchev–Trinajstić information content (AvgIpc) is 2.74. The minimum atomic E-state index is -0.325. The van der Waals surface area contributed by atoms with Gasteiger partial charge in [-0.3, -0.25) is 9.59 Å². The summed E-state index contributed by atoms with van der Waals surface area (Å²) >= 11 is 5.80. The third-order valence-corrected chi connectivity index (χ3v) is 4.34. The van der Waals surface area contributed by atoms with Gasteiger partial charge in [0.05, 0.1) is 19.4 Å². The van der Waals surface area contributed by atoms with E-state index in [0.717, 1.165) is 5.56 Å². The predicted molar refractivity (Wildman–Crippen MR) is 106 cm³/mol. The summed E-state index contributed by atoms with van der Waals surface area (Å²) in [6.45, 7) is 2.31. The van der Waals surface area contributed by atoms with E-state index in [9.17, 15) is 9.59 Å². The molecule has 3 rings (SSSR count). The van der Waals surface area contributed by atoms with Crippen LogP contribution < -0.4 is 10.2 Å². The fraction of sp³-hybridized carbons (Fsp3) is 0.250. The highest BCUT2D eigenvalue weighted by Gasteiger charge is 2.17. The second-order valence-electron chi connectivity index (χ2n) is 6.06. The van der Waals surface area contributed by atoms with E-state index in [1.54, 1.807) is 53.4 Å². The number of nitrogens with one attached hydrogen (secondary N) is 1. The van der Waals surface area contributed by atoms with Gasteiger partial charge in [-0.1, -0.05) is 11.6 Å². The highest BCUT2D eigenvalue weighted by atomic mass is 35.5. The van der Waals surface area contributed by atoms with Gasteiger partial charge < -0.3 is 14.4 Å². The Labute approximate surface area is 167 Å². The van der Waals surface area contributed by atoms with Gasteiger partial charge in [-0.2, -0.15) is 5.10 Å². The minimum absolute atomic E-state index is 0.00934. The lowest BCUT2D eigenvalue weighted by Crippen LogP contribution is -2.42. The van der Waals surface area contributed by atoms with Crippen LogP contribution in [0.3, 0.4) is 0 Å². The van der Waals surface area contributed by atoms with Crippen molar-refractivity contribution in [1.82, 2.24) is 10.3 Å². The molecule has 0 unspecified atom stereocenters. The molecule has 2 aromatic rings. The Balaban J connectivity index is 1.45. The van der Waals surface area contributed by atoms with Gasteiger partial charge in [-0.25, -0.2) is 5.43 Å². The van der Waals surface area contributed by atoms with Crippen molar-refractivity contribution >= 4 is 29.6 Å². The molecular formula is C20H20ClN3O4. The summed E-state index contributed by atoms with van der Waals surface area (Å²) in [5.74, 6) is 0.206. The minimum Gasteiger partial charge on any atom is -0.484 e. The van der Waals surface area contributed by atoms with E-state index in [2.05, 4.69) is 10.5 Å². The zero-order chi connectivity index (χ0) is 19.8. The number of morpholine rings is 1. The first kappa shape index (κ1) is 19.9. The van der Waals surface area contributed by atoms with Crippen molar-refractivity contribution in [2.24, 2.45) is 5.10 Å². The molecule has 0 radical (unpaired) electrons. The zero-order valence-electron chi connectivity index (χ0n) is 15.1. The normalized spacial score (nSPS) is 14.1. The zero-order valence-corrected chi connectivity index (χ0v) is 15.9. The van der Waals surface area contributed by atoms with Gasteiger partial charge in [0.1, 0.15) is 5.75 Å². The number of hydrogen-bond acceptors (Lipinski definition) is 5. The SMILES string of the molecule is O=C(N/N=C\c1ccc(OCC(=O)N2CCOCC2)cc1)c1ccc(Cl)cc1. The lowest BCUT2D eigenvalue weighted by atomic mass is 10.2. The van der Waals surface area contributed by atoms with Crippen LogP contribution in [-0.2, 0) is 9.53 Å². The molecule has 0 atom stereocenters. The fourth-order valence-electron chi connectivity index (χ4n) is 2.53. The molecule has 1 fully saturated rings. The van der Waals surface area contributed by atoms with Crippen LogP contribution in [0.4, 0.5) is 0 Å². The van der Waals surface area contributed by atoms with Crippen LogP contribution in [0.15, 0.2) is 53.6 Å². The third kappa shape index (κ3) is 5.80. The van der Waals surface area contributed by atoms with Crippen molar-refractivity contribution in [2.75, 3.05) is 32.9 Å². The van der Waals surface area contributed by atoms with E-state index in [-0.39, 0.29) is 18.4 Å². The maximum absolute atomic E-state index is 12.1. The molecule has 2 aromatic carbocycles. The number of rotatable bonds is 6. The van der Waals surface area contributed by atoms with Gasteiger partial charge in [0.2, 0.25) is 0 Å². The van der Waals surface area contributed by atoms with Crippen molar-refractivity contribution in [2.45, 2.75) is 0 Å². The first-order chi connectivity index (χ1) is 13.6. The summed E-state index contributed by atoms with van der Waals surface area (Å²) in [5.41, 5.74) is 3.70. The summed E-state index contributed by atoms with van der Waals surface area (Å²) in [6, 6.07) is 13.6. The quantitative estimate of drug-likeness (QED) is 0.595. The van der Waals surface area contributed by atoms with E-state index in [0.29, 0.717) is 42.6 Å². The lowest BCUT2D eigenvalue weighted by molar-refractivity contribution is -0.137.